The predicted molar refractivity (Wildman–Crippen MR) is 111 cm³/mol. The Labute approximate surface area is 174 Å². The Morgan fingerprint density at radius 3 is 2.50 bits per heavy atom. The summed E-state index contributed by atoms with van der Waals surface area (Å²) < 4.78 is 16.8. The highest BCUT2D eigenvalue weighted by Gasteiger charge is 2.35. The number of benzene rings is 2. The number of rotatable bonds is 5. The van der Waals surface area contributed by atoms with Gasteiger partial charge in [0.05, 0.1) is 19.9 Å². The van der Waals surface area contributed by atoms with Crippen molar-refractivity contribution in [1.29, 1.82) is 0 Å². The summed E-state index contributed by atoms with van der Waals surface area (Å²) in [6.07, 6.45) is -0.722. The van der Waals surface area contributed by atoms with Crippen LogP contribution in [0.4, 0.5) is 0 Å². The fraction of sp³-hybridized carbons (Fsp3) is 0.227. The minimum atomic E-state index is -0.722. The van der Waals surface area contributed by atoms with E-state index in [0.717, 1.165) is 16.8 Å². The van der Waals surface area contributed by atoms with E-state index >= 15 is 0 Å². The first-order chi connectivity index (χ1) is 14.5. The smallest absolute Gasteiger partial charge is 0.259 e. The molecule has 8 heteroatoms. The van der Waals surface area contributed by atoms with Crippen molar-refractivity contribution in [2.45, 2.75) is 20.1 Å². The van der Waals surface area contributed by atoms with Crippen LogP contribution >= 0.6 is 0 Å². The van der Waals surface area contributed by atoms with Gasteiger partial charge in [-0.25, -0.2) is 0 Å². The van der Waals surface area contributed by atoms with E-state index in [-0.39, 0.29) is 5.91 Å². The van der Waals surface area contributed by atoms with Gasteiger partial charge in [-0.15, -0.1) is 5.10 Å². The molecule has 1 unspecified atom stereocenters. The van der Waals surface area contributed by atoms with Crippen LogP contribution in [0.3, 0.4) is 0 Å². The Morgan fingerprint density at radius 1 is 1.10 bits per heavy atom. The molecular formula is C22H22N4O4. The van der Waals surface area contributed by atoms with Crippen molar-refractivity contribution in [2.24, 2.45) is 5.10 Å². The van der Waals surface area contributed by atoms with E-state index in [9.17, 15) is 4.79 Å². The van der Waals surface area contributed by atoms with E-state index in [2.05, 4.69) is 15.3 Å². The second kappa shape index (κ2) is 7.90. The number of carbonyl (C=O) groups is 1. The molecule has 0 fully saturated rings. The Morgan fingerprint density at radius 2 is 1.83 bits per heavy atom. The topological polar surface area (TPSA) is 89.0 Å². The average Bonchev–Trinajstić information content (AvgIpc) is 3.37. The maximum atomic E-state index is 12.3. The molecule has 0 bridgehead atoms. The minimum absolute atomic E-state index is 0.245. The number of hydrazone groups is 1. The van der Waals surface area contributed by atoms with Gasteiger partial charge in [-0.2, -0.15) is 10.1 Å². The van der Waals surface area contributed by atoms with Crippen LogP contribution in [-0.2, 0) is 9.53 Å². The van der Waals surface area contributed by atoms with Crippen LogP contribution in [0.25, 0.3) is 11.3 Å². The molecule has 0 radical (unpaired) electrons. The number of ether oxygens (including phenoxy) is 3. The molecule has 0 saturated carbocycles. The van der Waals surface area contributed by atoms with E-state index in [1.54, 1.807) is 26.4 Å². The molecule has 0 aliphatic carbocycles. The standard InChI is InChI=1S/C22H22N4O4/c1-13-19(15-8-6-5-7-9-15)23-24-20(13)21-25-26(14(2)27)22(30-21)16-10-11-17(28-3)18(12-16)29-4/h5-12,22H,1-4H3,(H,23,24). The zero-order chi connectivity index (χ0) is 21.3. The second-order valence-corrected chi connectivity index (χ2v) is 6.79. The Kier molecular flexibility index (Phi) is 5.14. The summed E-state index contributed by atoms with van der Waals surface area (Å²) in [6.45, 7) is 3.38. The van der Waals surface area contributed by atoms with Crippen molar-refractivity contribution < 1.29 is 19.0 Å². The molecule has 1 amide bonds. The van der Waals surface area contributed by atoms with Crippen molar-refractivity contribution in [3.05, 3.63) is 65.4 Å². The van der Waals surface area contributed by atoms with Gasteiger partial charge in [0, 0.05) is 23.6 Å². The molecule has 4 rings (SSSR count). The van der Waals surface area contributed by atoms with E-state index in [4.69, 9.17) is 14.2 Å². The molecule has 1 aliphatic rings. The molecular weight excluding hydrogens is 384 g/mol. The van der Waals surface area contributed by atoms with Crippen LogP contribution < -0.4 is 9.47 Å². The number of hydrogen-bond donors (Lipinski definition) is 1. The van der Waals surface area contributed by atoms with Gasteiger partial charge in [0.15, 0.2) is 11.5 Å². The fourth-order valence-corrected chi connectivity index (χ4v) is 3.37. The van der Waals surface area contributed by atoms with Crippen molar-refractivity contribution in [1.82, 2.24) is 15.2 Å². The van der Waals surface area contributed by atoms with Crippen molar-refractivity contribution in [2.75, 3.05) is 14.2 Å². The molecule has 2 heterocycles. The number of hydrogen-bond acceptors (Lipinski definition) is 6. The SMILES string of the molecule is COc1ccc(C2OC(c3[nH]nc(-c4ccccc4)c3C)=NN2C(C)=O)cc1OC. The molecule has 154 valence electrons. The van der Waals surface area contributed by atoms with Gasteiger partial charge >= 0.3 is 0 Å². The zero-order valence-corrected chi connectivity index (χ0v) is 17.2. The minimum Gasteiger partial charge on any atom is -0.493 e. The lowest BCUT2D eigenvalue weighted by molar-refractivity contribution is -0.135. The van der Waals surface area contributed by atoms with Crippen LogP contribution in [0.5, 0.6) is 11.5 Å². The Hall–Kier alpha value is -3.81. The molecule has 1 atom stereocenters. The van der Waals surface area contributed by atoms with Gasteiger partial charge in [0.2, 0.25) is 12.1 Å². The number of methoxy groups -OCH3 is 2. The third kappa shape index (κ3) is 3.36. The number of amides is 1. The number of nitrogens with zero attached hydrogens (tertiary/aromatic N) is 3. The van der Waals surface area contributed by atoms with E-state index < -0.39 is 6.23 Å². The molecule has 8 nitrogen and oxygen atoms in total. The third-order valence-corrected chi connectivity index (χ3v) is 4.93. The molecule has 1 N–H and O–H groups in total. The lowest BCUT2D eigenvalue weighted by Crippen LogP contribution is -2.25. The molecule has 3 aromatic rings. The summed E-state index contributed by atoms with van der Waals surface area (Å²) in [4.78, 5) is 12.3. The second-order valence-electron chi connectivity index (χ2n) is 6.79. The van der Waals surface area contributed by atoms with E-state index in [0.29, 0.717) is 28.7 Å². The maximum absolute atomic E-state index is 12.3. The summed E-state index contributed by atoms with van der Waals surface area (Å²) in [5.74, 6) is 1.19. The highest BCUT2D eigenvalue weighted by molar-refractivity contribution is 5.97. The van der Waals surface area contributed by atoms with E-state index in [1.807, 2.05) is 43.3 Å². The normalized spacial score (nSPS) is 15.5. The largest absolute Gasteiger partial charge is 0.493 e. The van der Waals surface area contributed by atoms with Crippen LogP contribution in [0.1, 0.15) is 30.0 Å². The Balaban J connectivity index is 1.68. The van der Waals surface area contributed by atoms with Gasteiger partial charge < -0.3 is 14.2 Å². The van der Waals surface area contributed by atoms with Gasteiger partial charge in [-0.05, 0) is 25.1 Å². The highest BCUT2D eigenvalue weighted by Crippen LogP contribution is 2.36. The number of aromatic nitrogens is 2. The molecule has 30 heavy (non-hydrogen) atoms. The summed E-state index contributed by atoms with van der Waals surface area (Å²) in [5.41, 5.74) is 4.01. The van der Waals surface area contributed by atoms with Crippen LogP contribution in [0, 0.1) is 6.92 Å². The lowest BCUT2D eigenvalue weighted by Gasteiger charge is -2.20. The molecule has 0 spiro atoms. The number of H-pyrrole nitrogens is 1. The first-order valence-corrected chi connectivity index (χ1v) is 9.41. The van der Waals surface area contributed by atoms with Crippen LogP contribution in [0.2, 0.25) is 0 Å². The zero-order valence-electron chi connectivity index (χ0n) is 17.2. The first-order valence-electron chi connectivity index (χ1n) is 9.41. The van der Waals surface area contributed by atoms with Gasteiger partial charge in [0.25, 0.3) is 5.90 Å². The lowest BCUT2D eigenvalue weighted by atomic mass is 10.1. The molecule has 1 aliphatic heterocycles. The summed E-state index contributed by atoms with van der Waals surface area (Å²) in [7, 11) is 3.12. The molecule has 0 saturated heterocycles. The van der Waals surface area contributed by atoms with Crippen LogP contribution in [0.15, 0.2) is 53.6 Å². The van der Waals surface area contributed by atoms with Gasteiger partial charge in [-0.1, -0.05) is 30.3 Å². The molecule has 2 aromatic carbocycles. The van der Waals surface area contributed by atoms with Crippen LogP contribution in [-0.4, -0.2) is 41.2 Å². The fourth-order valence-electron chi connectivity index (χ4n) is 3.37. The molecule has 1 aromatic heterocycles. The third-order valence-electron chi connectivity index (χ3n) is 4.93. The number of aromatic amines is 1. The average molecular weight is 406 g/mol. The summed E-state index contributed by atoms with van der Waals surface area (Å²) >= 11 is 0. The van der Waals surface area contributed by atoms with Crippen molar-refractivity contribution >= 4 is 11.8 Å². The monoisotopic (exact) mass is 406 g/mol. The van der Waals surface area contributed by atoms with Gasteiger partial charge in [0.1, 0.15) is 5.69 Å². The predicted octanol–water partition coefficient (Wildman–Crippen LogP) is 3.64. The summed E-state index contributed by atoms with van der Waals surface area (Å²) in [6, 6.07) is 15.2. The number of nitrogens with one attached hydrogen (secondary N) is 1. The van der Waals surface area contributed by atoms with Gasteiger partial charge in [-0.3, -0.25) is 9.89 Å². The quantitative estimate of drug-likeness (QED) is 0.699. The Bertz CT molecular complexity index is 1110. The number of carbonyl (C=O) groups excluding carboxylic acids is 1. The van der Waals surface area contributed by atoms with Crippen molar-refractivity contribution in [3.8, 4) is 22.8 Å². The highest BCUT2D eigenvalue weighted by atomic mass is 16.5. The first kappa shape index (κ1) is 19.5. The summed E-state index contributed by atoms with van der Waals surface area (Å²) in [5, 5.41) is 13.1. The maximum Gasteiger partial charge on any atom is 0.259 e. The van der Waals surface area contributed by atoms with Crippen molar-refractivity contribution in [3.63, 3.8) is 0 Å². The van der Waals surface area contributed by atoms with E-state index in [1.165, 1.54) is 11.9 Å².